The second kappa shape index (κ2) is 4.96. The fraction of sp³-hybridized carbons (Fsp3) is 0.400. The van der Waals surface area contributed by atoms with Crippen molar-refractivity contribution >= 4 is 21.6 Å². The monoisotopic (exact) mass is 306 g/mol. The van der Waals surface area contributed by atoms with E-state index in [-0.39, 0.29) is 16.7 Å². The molecule has 0 radical (unpaired) electrons. The average molecular weight is 306 g/mol. The van der Waals surface area contributed by atoms with Crippen molar-refractivity contribution in [1.29, 1.82) is 0 Å². The zero-order valence-electron chi connectivity index (χ0n) is 11.7. The molecule has 2 bridgehead atoms. The number of rotatable bonds is 3. The molecule has 3 unspecified atom stereocenters. The minimum atomic E-state index is -3.77. The van der Waals surface area contributed by atoms with Crippen LogP contribution in [0.1, 0.15) is 18.4 Å². The molecule has 0 saturated heterocycles. The van der Waals surface area contributed by atoms with E-state index in [4.69, 9.17) is 5.14 Å². The number of primary sulfonamides is 1. The van der Waals surface area contributed by atoms with Crippen LogP contribution >= 0.6 is 0 Å². The third-order valence-corrected chi connectivity index (χ3v) is 5.32. The van der Waals surface area contributed by atoms with Crippen molar-refractivity contribution in [2.45, 2.75) is 24.7 Å². The third-order valence-electron chi connectivity index (χ3n) is 4.41. The van der Waals surface area contributed by atoms with Gasteiger partial charge in [-0.05, 0) is 49.3 Å². The van der Waals surface area contributed by atoms with Gasteiger partial charge < -0.3 is 5.32 Å². The van der Waals surface area contributed by atoms with Crippen molar-refractivity contribution in [2.75, 3.05) is 5.32 Å². The van der Waals surface area contributed by atoms with Crippen LogP contribution in [0.15, 0.2) is 35.2 Å². The molecule has 1 amide bonds. The van der Waals surface area contributed by atoms with Crippen LogP contribution in [0.25, 0.3) is 0 Å². The molecule has 3 atom stereocenters. The highest BCUT2D eigenvalue weighted by Crippen LogP contribution is 2.43. The van der Waals surface area contributed by atoms with Crippen LogP contribution in [-0.2, 0) is 14.8 Å². The summed E-state index contributed by atoms with van der Waals surface area (Å²) in [5, 5.41) is 7.99. The molecule has 1 aromatic rings. The molecule has 3 N–H and O–H groups in total. The molecule has 2 aliphatic rings. The maximum absolute atomic E-state index is 12.4. The van der Waals surface area contributed by atoms with E-state index in [1.54, 1.807) is 6.07 Å². The minimum absolute atomic E-state index is 0.0104. The molecule has 112 valence electrons. The smallest absolute Gasteiger partial charge is 0.238 e. The Morgan fingerprint density at radius 2 is 2.05 bits per heavy atom. The van der Waals surface area contributed by atoms with Gasteiger partial charge in [-0.3, -0.25) is 4.79 Å². The Balaban J connectivity index is 1.81. The Morgan fingerprint density at radius 3 is 2.62 bits per heavy atom. The summed E-state index contributed by atoms with van der Waals surface area (Å²) in [5.41, 5.74) is 1.33. The molecule has 2 aliphatic carbocycles. The maximum atomic E-state index is 12.4. The topological polar surface area (TPSA) is 89.3 Å². The number of hydrogen-bond donors (Lipinski definition) is 2. The van der Waals surface area contributed by atoms with Crippen LogP contribution in [0.5, 0.6) is 0 Å². The molecular formula is C15H18N2O3S. The fourth-order valence-corrected chi connectivity index (χ4v) is 3.76. The Bertz CT molecular complexity index is 724. The second-order valence-corrected chi connectivity index (χ2v) is 7.46. The normalized spacial score (nSPS) is 27.0. The number of nitrogens with one attached hydrogen (secondary N) is 1. The second-order valence-electron chi connectivity index (χ2n) is 5.90. The molecule has 1 saturated carbocycles. The number of carbonyl (C=O) groups excluding carboxylic acids is 1. The van der Waals surface area contributed by atoms with Gasteiger partial charge in [-0.15, -0.1) is 0 Å². The van der Waals surface area contributed by atoms with E-state index in [0.717, 1.165) is 18.4 Å². The summed E-state index contributed by atoms with van der Waals surface area (Å²) in [6.07, 6.45) is 6.22. The van der Waals surface area contributed by atoms with Gasteiger partial charge in [-0.25, -0.2) is 13.6 Å². The molecule has 5 nitrogen and oxygen atoms in total. The van der Waals surface area contributed by atoms with E-state index in [1.165, 1.54) is 12.1 Å². The highest BCUT2D eigenvalue weighted by Gasteiger charge is 2.39. The molecule has 1 aromatic carbocycles. The lowest BCUT2D eigenvalue weighted by Gasteiger charge is -2.18. The molecule has 0 heterocycles. The number of fused-ring (bicyclic) bond motifs is 2. The molecular weight excluding hydrogens is 288 g/mol. The van der Waals surface area contributed by atoms with Gasteiger partial charge in [0.1, 0.15) is 0 Å². The average Bonchev–Trinajstić information content (AvgIpc) is 3.02. The highest BCUT2D eigenvalue weighted by atomic mass is 32.2. The first kappa shape index (κ1) is 14.3. The predicted octanol–water partition coefficient (Wildman–Crippen LogP) is 1.79. The summed E-state index contributed by atoms with van der Waals surface area (Å²) in [6, 6.07) is 4.52. The number of benzene rings is 1. The van der Waals surface area contributed by atoms with Gasteiger partial charge >= 0.3 is 0 Å². The Kier molecular flexibility index (Phi) is 3.37. The summed E-state index contributed by atoms with van der Waals surface area (Å²) >= 11 is 0. The molecule has 0 aliphatic heterocycles. The fourth-order valence-electron chi connectivity index (χ4n) is 3.22. The van der Waals surface area contributed by atoms with Gasteiger partial charge in [0.05, 0.1) is 4.90 Å². The first-order valence-electron chi connectivity index (χ1n) is 6.97. The van der Waals surface area contributed by atoms with E-state index in [0.29, 0.717) is 17.5 Å². The van der Waals surface area contributed by atoms with Gasteiger partial charge in [-0.1, -0.05) is 18.2 Å². The zero-order valence-corrected chi connectivity index (χ0v) is 12.6. The van der Waals surface area contributed by atoms with Gasteiger partial charge in [0.2, 0.25) is 15.9 Å². The third kappa shape index (κ3) is 2.73. The van der Waals surface area contributed by atoms with Crippen molar-refractivity contribution in [3.8, 4) is 0 Å². The van der Waals surface area contributed by atoms with E-state index >= 15 is 0 Å². The van der Waals surface area contributed by atoms with Crippen molar-refractivity contribution in [2.24, 2.45) is 22.9 Å². The van der Waals surface area contributed by atoms with Gasteiger partial charge in [-0.2, -0.15) is 0 Å². The summed E-state index contributed by atoms with van der Waals surface area (Å²) in [4.78, 5) is 12.4. The summed E-state index contributed by atoms with van der Waals surface area (Å²) in [5.74, 6) is 0.776. The number of anilines is 1. The zero-order chi connectivity index (χ0) is 15.2. The van der Waals surface area contributed by atoms with Crippen molar-refractivity contribution < 1.29 is 13.2 Å². The number of allylic oxidation sites excluding steroid dienone is 2. The number of hydrogen-bond acceptors (Lipinski definition) is 3. The molecule has 3 rings (SSSR count). The van der Waals surface area contributed by atoms with Crippen LogP contribution in [0.4, 0.5) is 5.69 Å². The quantitative estimate of drug-likeness (QED) is 0.834. The van der Waals surface area contributed by atoms with Crippen LogP contribution in [0.3, 0.4) is 0 Å². The minimum Gasteiger partial charge on any atom is -0.326 e. The highest BCUT2D eigenvalue weighted by molar-refractivity contribution is 7.89. The number of sulfonamides is 1. The van der Waals surface area contributed by atoms with Crippen LogP contribution in [0, 0.1) is 24.7 Å². The van der Waals surface area contributed by atoms with Crippen molar-refractivity contribution in [3.63, 3.8) is 0 Å². The van der Waals surface area contributed by atoms with Crippen LogP contribution < -0.4 is 10.5 Å². The van der Waals surface area contributed by atoms with Gasteiger partial charge in [0.15, 0.2) is 0 Å². The summed E-state index contributed by atoms with van der Waals surface area (Å²) < 4.78 is 22.8. The molecule has 0 aromatic heterocycles. The standard InChI is InChI=1S/C15H18N2O3S/c1-9-2-5-12(21(16,19)20)8-14(9)17-15(18)13-7-10-3-4-11(13)6-10/h2-5,8,10-11,13H,6-7H2,1H3,(H,17,18)(H2,16,19,20). The molecule has 1 fully saturated rings. The van der Waals surface area contributed by atoms with E-state index in [1.807, 2.05) is 6.92 Å². The Hall–Kier alpha value is -1.66. The Labute approximate surface area is 124 Å². The van der Waals surface area contributed by atoms with Crippen LogP contribution in [-0.4, -0.2) is 14.3 Å². The first-order chi connectivity index (χ1) is 9.84. The summed E-state index contributed by atoms with van der Waals surface area (Å²) in [7, 11) is -3.77. The number of aryl methyl sites for hydroxylation is 1. The lowest BCUT2D eigenvalue weighted by Crippen LogP contribution is -2.26. The maximum Gasteiger partial charge on any atom is 0.238 e. The first-order valence-corrected chi connectivity index (χ1v) is 8.52. The lowest BCUT2D eigenvalue weighted by atomic mass is 9.92. The van der Waals surface area contributed by atoms with Gasteiger partial charge in [0, 0.05) is 11.6 Å². The number of nitrogens with two attached hydrogens (primary N) is 1. The summed E-state index contributed by atoms with van der Waals surface area (Å²) in [6.45, 7) is 1.82. The number of amides is 1. The lowest BCUT2D eigenvalue weighted by molar-refractivity contribution is -0.120. The molecule has 0 spiro atoms. The SMILES string of the molecule is Cc1ccc(S(N)(=O)=O)cc1NC(=O)C1CC2C=CC1C2. The Morgan fingerprint density at radius 1 is 1.29 bits per heavy atom. The molecule has 6 heteroatoms. The van der Waals surface area contributed by atoms with E-state index in [9.17, 15) is 13.2 Å². The van der Waals surface area contributed by atoms with Crippen molar-refractivity contribution in [3.05, 3.63) is 35.9 Å². The van der Waals surface area contributed by atoms with E-state index in [2.05, 4.69) is 17.5 Å². The van der Waals surface area contributed by atoms with E-state index < -0.39 is 10.0 Å². The van der Waals surface area contributed by atoms with Gasteiger partial charge in [0.25, 0.3) is 0 Å². The van der Waals surface area contributed by atoms with Crippen LogP contribution in [0.2, 0.25) is 0 Å². The largest absolute Gasteiger partial charge is 0.326 e. The van der Waals surface area contributed by atoms with Crippen molar-refractivity contribution in [1.82, 2.24) is 0 Å². The predicted molar refractivity (Wildman–Crippen MR) is 80.0 cm³/mol. The number of carbonyl (C=O) groups is 1. The molecule has 21 heavy (non-hydrogen) atoms.